The van der Waals surface area contributed by atoms with Crippen molar-refractivity contribution in [3.8, 4) is 22.4 Å². The highest BCUT2D eigenvalue weighted by atomic mass is 35.5. The Bertz CT molecular complexity index is 1370. The number of hydrogen-bond acceptors (Lipinski definition) is 3. The van der Waals surface area contributed by atoms with Crippen LogP contribution in [0.4, 0.5) is 15.8 Å². The second-order valence-corrected chi connectivity index (χ2v) is 10.7. The van der Waals surface area contributed by atoms with Crippen LogP contribution in [-0.4, -0.2) is 37.0 Å². The Morgan fingerprint density at radius 3 is 2.00 bits per heavy atom. The number of benzene rings is 3. The average molecular weight is 520 g/mol. The number of anilines is 2. The van der Waals surface area contributed by atoms with Crippen LogP contribution in [0.25, 0.3) is 22.4 Å². The van der Waals surface area contributed by atoms with Crippen molar-refractivity contribution in [1.82, 2.24) is 4.57 Å². The van der Waals surface area contributed by atoms with E-state index in [0.717, 1.165) is 54.3 Å². The first-order chi connectivity index (χ1) is 17.4. The van der Waals surface area contributed by atoms with Crippen LogP contribution in [0.2, 0.25) is 5.02 Å². The molecular formula is C30H31ClFN3S. The first-order valence-corrected chi connectivity index (χ1v) is 13.8. The van der Waals surface area contributed by atoms with Crippen molar-refractivity contribution in [2.24, 2.45) is 7.05 Å². The first-order valence-electron chi connectivity index (χ1n) is 12.2. The molecule has 36 heavy (non-hydrogen) atoms. The van der Waals surface area contributed by atoms with Crippen molar-refractivity contribution in [2.45, 2.75) is 18.7 Å². The number of aryl methyl sites for hydroxylation is 1. The van der Waals surface area contributed by atoms with Gasteiger partial charge in [-0.2, -0.15) is 0 Å². The predicted octanol–water partition coefficient (Wildman–Crippen LogP) is 7.82. The molecule has 0 aliphatic carbocycles. The summed E-state index contributed by atoms with van der Waals surface area (Å²) in [5.74, 6) is -0.209. The Morgan fingerprint density at radius 1 is 0.778 bits per heavy atom. The van der Waals surface area contributed by atoms with Crippen molar-refractivity contribution in [3.05, 3.63) is 88.8 Å². The van der Waals surface area contributed by atoms with Crippen LogP contribution >= 0.6 is 23.4 Å². The van der Waals surface area contributed by atoms with E-state index in [1.807, 2.05) is 24.3 Å². The van der Waals surface area contributed by atoms with Crippen LogP contribution in [0.3, 0.4) is 0 Å². The standard InChI is InChI=1S/C30H31ClFN3S/c1-20-5-11-26(12-6-20)34-13-15-35(16-14-34)27-18-23(17-25(32)19-27)28-29(22-7-9-24(31)10-8-22)33(3)21(2)30(28)36-4/h5-12,17-19H,13-16H2,1-4H3. The summed E-state index contributed by atoms with van der Waals surface area (Å²) in [5.41, 5.74) is 8.74. The Kier molecular flexibility index (Phi) is 7.05. The molecule has 186 valence electrons. The van der Waals surface area contributed by atoms with Gasteiger partial charge in [-0.1, -0.05) is 41.4 Å². The lowest BCUT2D eigenvalue weighted by atomic mass is 10.00. The normalized spacial score (nSPS) is 13.9. The lowest BCUT2D eigenvalue weighted by Gasteiger charge is -2.37. The van der Waals surface area contributed by atoms with Crippen LogP contribution in [0.15, 0.2) is 71.6 Å². The largest absolute Gasteiger partial charge is 0.368 e. The molecule has 0 atom stereocenters. The van der Waals surface area contributed by atoms with Crippen molar-refractivity contribution in [3.63, 3.8) is 0 Å². The predicted molar refractivity (Wildman–Crippen MR) is 153 cm³/mol. The van der Waals surface area contributed by atoms with Gasteiger partial charge >= 0.3 is 0 Å². The van der Waals surface area contributed by atoms with Crippen LogP contribution in [0.1, 0.15) is 11.3 Å². The van der Waals surface area contributed by atoms with E-state index in [1.165, 1.54) is 21.8 Å². The van der Waals surface area contributed by atoms with E-state index in [0.29, 0.717) is 5.02 Å². The van der Waals surface area contributed by atoms with Crippen molar-refractivity contribution < 1.29 is 4.39 Å². The van der Waals surface area contributed by atoms with Gasteiger partial charge in [-0.15, -0.1) is 11.8 Å². The zero-order valence-corrected chi connectivity index (χ0v) is 22.8. The van der Waals surface area contributed by atoms with Gasteiger partial charge in [0.1, 0.15) is 5.82 Å². The lowest BCUT2D eigenvalue weighted by Crippen LogP contribution is -2.46. The van der Waals surface area contributed by atoms with Crippen LogP contribution in [0, 0.1) is 19.7 Å². The van der Waals surface area contributed by atoms with E-state index in [2.05, 4.69) is 71.8 Å². The molecule has 1 aliphatic rings. The number of halogens is 2. The molecule has 0 saturated carbocycles. The molecule has 0 amide bonds. The number of thioether (sulfide) groups is 1. The van der Waals surface area contributed by atoms with Gasteiger partial charge in [-0.3, -0.25) is 0 Å². The van der Waals surface area contributed by atoms with Crippen LogP contribution < -0.4 is 9.80 Å². The summed E-state index contributed by atoms with van der Waals surface area (Å²) < 4.78 is 17.3. The second kappa shape index (κ2) is 10.2. The van der Waals surface area contributed by atoms with E-state index < -0.39 is 0 Å². The SMILES string of the molecule is CSc1c(-c2cc(F)cc(N3CCN(c4ccc(C)cc4)CC3)c2)c(-c2ccc(Cl)cc2)n(C)c1C. The minimum Gasteiger partial charge on any atom is -0.368 e. The summed E-state index contributed by atoms with van der Waals surface area (Å²) in [5, 5.41) is 0.703. The van der Waals surface area contributed by atoms with E-state index in [-0.39, 0.29) is 5.82 Å². The van der Waals surface area contributed by atoms with Crippen LogP contribution in [0.5, 0.6) is 0 Å². The third-order valence-corrected chi connectivity index (χ3v) is 8.33. The van der Waals surface area contributed by atoms with E-state index in [9.17, 15) is 0 Å². The Morgan fingerprint density at radius 2 is 1.39 bits per heavy atom. The van der Waals surface area contributed by atoms with Gasteiger partial charge in [0.2, 0.25) is 0 Å². The average Bonchev–Trinajstić information content (AvgIpc) is 3.14. The first kappa shape index (κ1) is 24.8. The Hall–Kier alpha value is -2.89. The highest BCUT2D eigenvalue weighted by Crippen LogP contribution is 2.44. The maximum absolute atomic E-state index is 15.1. The summed E-state index contributed by atoms with van der Waals surface area (Å²) in [6.07, 6.45) is 2.09. The molecule has 4 aromatic rings. The van der Waals surface area contributed by atoms with Gasteiger partial charge in [-0.05, 0) is 73.7 Å². The third-order valence-electron chi connectivity index (χ3n) is 7.17. The minimum atomic E-state index is -0.209. The quantitative estimate of drug-likeness (QED) is 0.249. The fourth-order valence-corrected chi connectivity index (χ4v) is 6.10. The number of hydrogen-bond donors (Lipinski definition) is 0. The summed E-state index contributed by atoms with van der Waals surface area (Å²) in [7, 11) is 2.08. The summed E-state index contributed by atoms with van der Waals surface area (Å²) in [6, 6.07) is 22.1. The summed E-state index contributed by atoms with van der Waals surface area (Å²) in [4.78, 5) is 5.87. The molecule has 1 aromatic heterocycles. The minimum absolute atomic E-state index is 0.209. The number of aromatic nitrogens is 1. The smallest absolute Gasteiger partial charge is 0.125 e. The molecule has 0 radical (unpaired) electrons. The molecule has 2 heterocycles. The number of piperazine rings is 1. The zero-order valence-electron chi connectivity index (χ0n) is 21.2. The Labute approximate surface area is 222 Å². The van der Waals surface area contributed by atoms with Gasteiger partial charge in [0.25, 0.3) is 0 Å². The fraction of sp³-hybridized carbons (Fsp3) is 0.267. The highest BCUT2D eigenvalue weighted by molar-refractivity contribution is 7.98. The second-order valence-electron chi connectivity index (χ2n) is 9.42. The van der Waals surface area contributed by atoms with Gasteiger partial charge in [0.15, 0.2) is 0 Å². The molecule has 0 N–H and O–H groups in total. The molecule has 0 unspecified atom stereocenters. The van der Waals surface area contributed by atoms with Gasteiger partial charge in [-0.25, -0.2) is 4.39 Å². The van der Waals surface area contributed by atoms with E-state index in [1.54, 1.807) is 23.9 Å². The monoisotopic (exact) mass is 519 g/mol. The molecule has 1 aliphatic heterocycles. The molecule has 3 aromatic carbocycles. The molecule has 5 rings (SSSR count). The molecule has 0 spiro atoms. The van der Waals surface area contributed by atoms with Gasteiger partial charge in [0.05, 0.1) is 5.69 Å². The van der Waals surface area contributed by atoms with E-state index in [4.69, 9.17) is 11.6 Å². The Balaban J connectivity index is 1.50. The molecule has 1 fully saturated rings. The number of nitrogens with zero attached hydrogens (tertiary/aromatic N) is 3. The van der Waals surface area contributed by atoms with Crippen molar-refractivity contribution in [2.75, 3.05) is 42.2 Å². The van der Waals surface area contributed by atoms with Gasteiger partial charge in [0, 0.05) is 65.8 Å². The maximum Gasteiger partial charge on any atom is 0.125 e. The highest BCUT2D eigenvalue weighted by Gasteiger charge is 2.24. The van der Waals surface area contributed by atoms with Crippen molar-refractivity contribution >= 4 is 34.7 Å². The fourth-order valence-electron chi connectivity index (χ4n) is 5.12. The van der Waals surface area contributed by atoms with Crippen LogP contribution in [-0.2, 0) is 7.05 Å². The maximum atomic E-state index is 15.1. The van der Waals surface area contributed by atoms with Gasteiger partial charge < -0.3 is 14.4 Å². The molecule has 3 nitrogen and oxygen atoms in total. The molecular weight excluding hydrogens is 489 g/mol. The van der Waals surface area contributed by atoms with Crippen molar-refractivity contribution in [1.29, 1.82) is 0 Å². The molecule has 1 saturated heterocycles. The molecule has 0 bridgehead atoms. The third kappa shape index (κ3) is 4.74. The molecule has 6 heteroatoms. The summed E-state index contributed by atoms with van der Waals surface area (Å²) in [6.45, 7) is 7.75. The zero-order chi connectivity index (χ0) is 25.4. The topological polar surface area (TPSA) is 11.4 Å². The number of rotatable bonds is 5. The van der Waals surface area contributed by atoms with E-state index >= 15 is 4.39 Å². The summed E-state index contributed by atoms with van der Waals surface area (Å²) >= 11 is 7.88. The lowest BCUT2D eigenvalue weighted by molar-refractivity contribution is 0.621.